The van der Waals surface area contributed by atoms with E-state index < -0.39 is 47.8 Å². The third-order valence-corrected chi connectivity index (χ3v) is 12.9. The molecule has 60 heavy (non-hydrogen) atoms. The lowest BCUT2D eigenvalue weighted by Crippen LogP contribution is -2.30. The van der Waals surface area contributed by atoms with Gasteiger partial charge in [-0.3, -0.25) is 24.0 Å². The fraction of sp³-hybridized carbons (Fsp3) is 0.455. The van der Waals surface area contributed by atoms with Gasteiger partial charge < -0.3 is 28.4 Å². The van der Waals surface area contributed by atoms with E-state index in [1.54, 1.807) is 43.3 Å². The van der Waals surface area contributed by atoms with Gasteiger partial charge in [0.1, 0.15) is 30.0 Å². The Morgan fingerprint density at radius 3 is 1.83 bits per heavy atom. The van der Waals surface area contributed by atoms with Crippen molar-refractivity contribution in [2.45, 2.75) is 100 Å². The lowest BCUT2D eigenvalue weighted by atomic mass is 9.82. The number of thioether (sulfide) groups is 2. The van der Waals surface area contributed by atoms with E-state index in [0.717, 1.165) is 60.8 Å². The predicted molar refractivity (Wildman–Crippen MR) is 218 cm³/mol. The van der Waals surface area contributed by atoms with Crippen molar-refractivity contribution in [3.05, 3.63) is 76.0 Å². The van der Waals surface area contributed by atoms with E-state index in [1.165, 1.54) is 0 Å². The van der Waals surface area contributed by atoms with Crippen LogP contribution in [0, 0.1) is 41.6 Å². The van der Waals surface area contributed by atoms with Crippen molar-refractivity contribution < 1.29 is 57.2 Å². The zero-order valence-corrected chi connectivity index (χ0v) is 35.1. The molecule has 0 spiro atoms. The Labute approximate surface area is 357 Å². The van der Waals surface area contributed by atoms with Crippen LogP contribution in [-0.4, -0.2) is 55.1 Å². The number of esters is 6. The normalized spacial score (nSPS) is 20.7. The topological polar surface area (TPSA) is 186 Å². The molecule has 0 amide bonds. The van der Waals surface area contributed by atoms with Crippen LogP contribution in [0.25, 0.3) is 4.85 Å². The number of nitrogens with zero attached hydrogens (tertiary/aromatic N) is 2. The summed E-state index contributed by atoms with van der Waals surface area (Å²) in [6.07, 6.45) is 5.44. The SMILES string of the molecule is [C-]#[N+]/C(C#N)=C1/Sc2c(OC(=O)C3CCC(C)CC3)ccc(OC(=O)C3CCC(C(=O)Oc4ccc(CCOC(=O)CCC(=O)OC(C)COC(=O)C=C)cc4)CC3)c2S1. The van der Waals surface area contributed by atoms with Gasteiger partial charge in [-0.25, -0.2) is 14.9 Å². The summed E-state index contributed by atoms with van der Waals surface area (Å²) in [5, 5.41) is 9.53. The summed E-state index contributed by atoms with van der Waals surface area (Å²) in [6.45, 7) is 14.4. The van der Waals surface area contributed by atoms with Gasteiger partial charge in [0.2, 0.25) is 0 Å². The lowest BCUT2D eigenvalue weighted by molar-refractivity contribution is -0.157. The largest absolute Gasteiger partial charge is 0.465 e. The van der Waals surface area contributed by atoms with Gasteiger partial charge in [0, 0.05) is 12.5 Å². The third-order valence-electron chi connectivity index (χ3n) is 10.3. The van der Waals surface area contributed by atoms with Gasteiger partial charge in [-0.1, -0.05) is 49.2 Å². The van der Waals surface area contributed by atoms with Crippen molar-refractivity contribution in [2.75, 3.05) is 13.2 Å². The van der Waals surface area contributed by atoms with Gasteiger partial charge in [-0.05, 0) is 94.0 Å². The van der Waals surface area contributed by atoms with Gasteiger partial charge in [-0.15, -0.1) is 0 Å². The van der Waals surface area contributed by atoms with Crippen LogP contribution in [-0.2, 0) is 49.4 Å². The number of hydrogen-bond donors (Lipinski definition) is 0. The molecule has 2 saturated carbocycles. The number of fused-ring (bicyclic) bond motifs is 1. The van der Waals surface area contributed by atoms with Crippen molar-refractivity contribution in [1.29, 1.82) is 5.26 Å². The highest BCUT2D eigenvalue weighted by Gasteiger charge is 2.35. The highest BCUT2D eigenvalue weighted by molar-refractivity contribution is 8.24. The van der Waals surface area contributed by atoms with Crippen molar-refractivity contribution in [3.63, 3.8) is 0 Å². The molecule has 0 aromatic heterocycles. The molecule has 1 atom stereocenters. The number of carbonyl (C=O) groups excluding carboxylic acids is 6. The predicted octanol–water partition coefficient (Wildman–Crippen LogP) is 8.07. The summed E-state index contributed by atoms with van der Waals surface area (Å²) < 4.78 is 32.9. The highest BCUT2D eigenvalue weighted by atomic mass is 32.2. The minimum Gasteiger partial charge on any atom is -0.465 e. The van der Waals surface area contributed by atoms with Crippen molar-refractivity contribution >= 4 is 59.3 Å². The van der Waals surface area contributed by atoms with Crippen LogP contribution in [0.1, 0.15) is 83.6 Å². The summed E-state index contributed by atoms with van der Waals surface area (Å²) in [5.74, 6) is -2.61. The molecule has 2 aromatic rings. The second-order valence-electron chi connectivity index (χ2n) is 14.8. The van der Waals surface area contributed by atoms with E-state index in [4.69, 9.17) is 35.0 Å². The smallest absolute Gasteiger partial charge is 0.330 e. The molecule has 5 rings (SSSR count). The number of benzene rings is 2. The number of allylic oxidation sites excluding steroid dienone is 1. The van der Waals surface area contributed by atoms with Crippen LogP contribution in [0.15, 0.2) is 68.8 Å². The average Bonchev–Trinajstić information content (AvgIpc) is 3.70. The molecular formula is C44H46N2O12S2. The monoisotopic (exact) mass is 858 g/mol. The molecule has 1 unspecified atom stereocenters. The Morgan fingerprint density at radius 2 is 1.32 bits per heavy atom. The maximum atomic E-state index is 13.4. The Balaban J connectivity index is 1.05. The molecule has 2 fully saturated rings. The number of rotatable bonds is 16. The molecule has 1 aliphatic heterocycles. The molecule has 14 nitrogen and oxygen atoms in total. The minimum absolute atomic E-state index is 0.0793. The van der Waals surface area contributed by atoms with E-state index in [1.807, 2.05) is 6.07 Å². The van der Waals surface area contributed by atoms with Gasteiger partial charge in [-0.2, -0.15) is 0 Å². The van der Waals surface area contributed by atoms with E-state index in [2.05, 4.69) is 18.3 Å². The van der Waals surface area contributed by atoms with E-state index in [-0.39, 0.29) is 49.4 Å². The van der Waals surface area contributed by atoms with Crippen LogP contribution in [0.3, 0.4) is 0 Å². The highest BCUT2D eigenvalue weighted by Crippen LogP contribution is 2.59. The maximum absolute atomic E-state index is 13.4. The zero-order chi connectivity index (χ0) is 43.2. The number of carbonyl (C=O) groups is 6. The quantitative estimate of drug-likeness (QED) is 0.0394. The van der Waals surface area contributed by atoms with Gasteiger partial charge in [0.15, 0.2) is 0 Å². The molecule has 16 heteroatoms. The van der Waals surface area contributed by atoms with Crippen molar-refractivity contribution in [2.24, 2.45) is 23.7 Å². The fourth-order valence-corrected chi connectivity index (χ4v) is 9.27. The maximum Gasteiger partial charge on any atom is 0.330 e. The number of ether oxygens (including phenoxy) is 6. The molecule has 3 aliphatic rings. The zero-order valence-electron chi connectivity index (χ0n) is 33.4. The molecule has 0 saturated heterocycles. The molecule has 0 N–H and O–H groups in total. The van der Waals surface area contributed by atoms with Crippen LogP contribution >= 0.6 is 23.5 Å². The number of hydrogen-bond acceptors (Lipinski definition) is 15. The van der Waals surface area contributed by atoms with Crippen molar-refractivity contribution in [3.8, 4) is 23.3 Å². The Hall–Kier alpha value is -5.58. The molecule has 2 aliphatic carbocycles. The first-order valence-corrected chi connectivity index (χ1v) is 21.4. The number of nitriles is 1. The Kier molecular flexibility index (Phi) is 16.8. The molecule has 2 aromatic carbocycles. The molecule has 0 bridgehead atoms. The Morgan fingerprint density at radius 1 is 0.800 bits per heavy atom. The minimum atomic E-state index is -0.675. The summed E-state index contributed by atoms with van der Waals surface area (Å²) >= 11 is 2.28. The molecular weight excluding hydrogens is 813 g/mol. The van der Waals surface area contributed by atoms with E-state index in [9.17, 15) is 34.0 Å². The Bertz CT molecular complexity index is 2050. The average molecular weight is 859 g/mol. The molecule has 1 heterocycles. The van der Waals surface area contributed by atoms with Gasteiger partial charge >= 0.3 is 35.8 Å². The van der Waals surface area contributed by atoms with Crippen LogP contribution in [0.4, 0.5) is 0 Å². The van der Waals surface area contributed by atoms with Gasteiger partial charge in [0.05, 0.1) is 63.9 Å². The van der Waals surface area contributed by atoms with Crippen LogP contribution < -0.4 is 14.2 Å². The first kappa shape index (κ1) is 45.5. The summed E-state index contributed by atoms with van der Waals surface area (Å²) in [4.78, 5) is 79.1. The van der Waals surface area contributed by atoms with Crippen LogP contribution in [0.5, 0.6) is 17.2 Å². The summed E-state index contributed by atoms with van der Waals surface area (Å²) in [7, 11) is 0. The van der Waals surface area contributed by atoms with Gasteiger partial charge in [0.25, 0.3) is 5.70 Å². The third kappa shape index (κ3) is 13.0. The first-order chi connectivity index (χ1) is 28.9. The van der Waals surface area contributed by atoms with E-state index >= 15 is 0 Å². The standard InChI is InChI=1S/C44H46N2O12S2/c1-5-36(47)54-25-27(3)55-38(49)21-20-37(48)53-23-22-28-8-16-32(17-9-28)56-41(50)30-12-14-31(15-13-30)43(52)58-35-19-18-34(57-42(51)29-10-6-26(2)7-11-29)39-40(35)60-44(59-39)33(24-45)46-4/h5,8-9,16-19,26-27,29-31H,1,6-7,10-15,20-23,25H2,2-3H3/b44-33-. The first-order valence-electron chi connectivity index (χ1n) is 19.8. The fourth-order valence-electron chi connectivity index (χ4n) is 6.80. The van der Waals surface area contributed by atoms with E-state index in [0.29, 0.717) is 63.5 Å². The molecule has 316 valence electrons. The second kappa shape index (κ2) is 22.1. The second-order valence-corrected chi connectivity index (χ2v) is 17.1. The summed E-state index contributed by atoms with van der Waals surface area (Å²) in [6, 6.07) is 11.9. The molecule has 0 radical (unpaired) electrons. The summed E-state index contributed by atoms with van der Waals surface area (Å²) in [5.41, 5.74) is 0.728. The lowest BCUT2D eigenvalue weighted by Gasteiger charge is -2.26. The van der Waals surface area contributed by atoms with Crippen molar-refractivity contribution in [1.82, 2.24) is 0 Å². The van der Waals surface area contributed by atoms with Crippen LogP contribution in [0.2, 0.25) is 0 Å².